The zero-order chi connectivity index (χ0) is 16.8. The van der Waals surface area contributed by atoms with Crippen molar-refractivity contribution in [2.24, 2.45) is 0 Å². The smallest absolute Gasteiger partial charge is 0.270 e. The minimum absolute atomic E-state index is 0.234. The molecule has 124 valence electrons. The summed E-state index contributed by atoms with van der Waals surface area (Å²) in [7, 11) is 1.61. The van der Waals surface area contributed by atoms with Crippen molar-refractivity contribution in [1.29, 1.82) is 0 Å². The van der Waals surface area contributed by atoms with E-state index in [1.807, 2.05) is 30.3 Å². The van der Waals surface area contributed by atoms with Crippen LogP contribution in [0.15, 0.2) is 52.5 Å². The number of nitrogens with zero attached hydrogens (tertiary/aromatic N) is 1. The van der Waals surface area contributed by atoms with E-state index in [0.29, 0.717) is 29.6 Å². The molecule has 0 unspecified atom stereocenters. The van der Waals surface area contributed by atoms with Gasteiger partial charge in [-0.25, -0.2) is 4.98 Å². The summed E-state index contributed by atoms with van der Waals surface area (Å²) in [6.07, 6.45) is 1.58. The lowest BCUT2D eigenvalue weighted by molar-refractivity contribution is 0.0943. The Morgan fingerprint density at radius 1 is 1.25 bits per heavy atom. The number of carbonyl (C=O) groups is 1. The van der Waals surface area contributed by atoms with Gasteiger partial charge >= 0.3 is 0 Å². The lowest BCUT2D eigenvalue weighted by atomic mass is 10.3. The van der Waals surface area contributed by atoms with Gasteiger partial charge < -0.3 is 19.2 Å². The summed E-state index contributed by atoms with van der Waals surface area (Å²) in [5, 5.41) is 5.16. The molecule has 2 heterocycles. The molecule has 0 aliphatic heterocycles. The molecule has 0 spiro atoms. The Bertz CT molecular complexity index is 781. The van der Waals surface area contributed by atoms with Crippen LogP contribution >= 0.6 is 11.3 Å². The van der Waals surface area contributed by atoms with Crippen LogP contribution in [-0.2, 0) is 0 Å². The SMILES string of the molecule is COc1ccc(OCCNC(=O)c2csc(-c3ccco3)n2)cc1. The molecular formula is C17H16N2O4S. The fourth-order valence-corrected chi connectivity index (χ4v) is 2.75. The second-order valence-corrected chi connectivity index (χ2v) is 5.65. The maximum Gasteiger partial charge on any atom is 0.270 e. The minimum Gasteiger partial charge on any atom is -0.497 e. The van der Waals surface area contributed by atoms with Gasteiger partial charge in [-0.1, -0.05) is 0 Å². The number of amides is 1. The number of carbonyl (C=O) groups excluding carboxylic acids is 1. The van der Waals surface area contributed by atoms with Crippen molar-refractivity contribution in [1.82, 2.24) is 10.3 Å². The highest BCUT2D eigenvalue weighted by atomic mass is 32.1. The van der Waals surface area contributed by atoms with E-state index in [9.17, 15) is 4.79 Å². The Kier molecular flexibility index (Phi) is 5.12. The van der Waals surface area contributed by atoms with Crippen molar-refractivity contribution in [3.63, 3.8) is 0 Å². The van der Waals surface area contributed by atoms with E-state index in [1.165, 1.54) is 11.3 Å². The second kappa shape index (κ2) is 7.65. The number of furan rings is 1. The van der Waals surface area contributed by atoms with E-state index in [1.54, 1.807) is 24.8 Å². The number of nitrogens with one attached hydrogen (secondary N) is 1. The Labute approximate surface area is 143 Å². The molecule has 0 aliphatic carbocycles. The van der Waals surface area contributed by atoms with Crippen molar-refractivity contribution in [3.05, 3.63) is 53.7 Å². The molecule has 1 amide bonds. The van der Waals surface area contributed by atoms with Crippen molar-refractivity contribution < 1.29 is 18.7 Å². The van der Waals surface area contributed by atoms with E-state index < -0.39 is 0 Å². The molecule has 0 fully saturated rings. The molecule has 1 N–H and O–H groups in total. The highest BCUT2D eigenvalue weighted by molar-refractivity contribution is 7.13. The summed E-state index contributed by atoms with van der Waals surface area (Å²) in [6, 6.07) is 10.9. The van der Waals surface area contributed by atoms with Crippen molar-refractivity contribution in [2.75, 3.05) is 20.3 Å². The molecule has 3 aromatic rings. The summed E-state index contributed by atoms with van der Waals surface area (Å²) in [4.78, 5) is 16.3. The molecule has 3 rings (SSSR count). The standard InChI is InChI=1S/C17H16N2O4S/c1-21-12-4-6-13(7-5-12)22-10-8-18-16(20)14-11-24-17(19-14)15-3-2-9-23-15/h2-7,9,11H,8,10H2,1H3,(H,18,20). The fourth-order valence-electron chi connectivity index (χ4n) is 1.99. The first kappa shape index (κ1) is 16.1. The zero-order valence-corrected chi connectivity index (χ0v) is 13.8. The van der Waals surface area contributed by atoms with Crippen LogP contribution in [0.2, 0.25) is 0 Å². The summed E-state index contributed by atoms with van der Waals surface area (Å²) in [5.74, 6) is 1.91. The first-order chi connectivity index (χ1) is 11.8. The number of rotatable bonds is 7. The van der Waals surface area contributed by atoms with Crippen LogP contribution in [0.25, 0.3) is 10.8 Å². The van der Waals surface area contributed by atoms with Gasteiger partial charge in [0.25, 0.3) is 5.91 Å². The van der Waals surface area contributed by atoms with Crippen molar-refractivity contribution >= 4 is 17.2 Å². The monoisotopic (exact) mass is 344 g/mol. The average Bonchev–Trinajstić information content (AvgIpc) is 3.30. The first-order valence-corrected chi connectivity index (χ1v) is 8.18. The van der Waals surface area contributed by atoms with Crippen LogP contribution in [0.4, 0.5) is 0 Å². The minimum atomic E-state index is -0.234. The molecule has 0 saturated heterocycles. The van der Waals surface area contributed by atoms with E-state index in [0.717, 1.165) is 11.5 Å². The number of thiazole rings is 1. The van der Waals surface area contributed by atoms with Gasteiger partial charge in [-0.2, -0.15) is 0 Å². The van der Waals surface area contributed by atoms with Gasteiger partial charge in [0, 0.05) is 5.38 Å². The third-order valence-electron chi connectivity index (χ3n) is 3.18. The topological polar surface area (TPSA) is 73.6 Å². The Morgan fingerprint density at radius 3 is 2.75 bits per heavy atom. The van der Waals surface area contributed by atoms with Crippen LogP contribution in [-0.4, -0.2) is 31.2 Å². The molecule has 0 saturated carbocycles. The molecule has 2 aromatic heterocycles. The van der Waals surface area contributed by atoms with Gasteiger partial charge in [0.05, 0.1) is 19.9 Å². The third kappa shape index (κ3) is 3.94. The zero-order valence-electron chi connectivity index (χ0n) is 13.0. The van der Waals surface area contributed by atoms with E-state index in [-0.39, 0.29) is 5.91 Å². The predicted octanol–water partition coefficient (Wildman–Crippen LogP) is 3.22. The number of hydrogen-bond donors (Lipinski definition) is 1. The molecule has 6 nitrogen and oxygen atoms in total. The molecule has 0 bridgehead atoms. The summed E-state index contributed by atoms with van der Waals surface area (Å²) in [5.41, 5.74) is 0.371. The fraction of sp³-hybridized carbons (Fsp3) is 0.176. The van der Waals surface area contributed by atoms with Crippen LogP contribution in [0.5, 0.6) is 11.5 Å². The number of hydrogen-bond acceptors (Lipinski definition) is 6. The summed E-state index contributed by atoms with van der Waals surface area (Å²) < 4.78 is 15.9. The van der Waals surface area contributed by atoms with Crippen LogP contribution in [0.1, 0.15) is 10.5 Å². The van der Waals surface area contributed by atoms with Crippen molar-refractivity contribution in [3.8, 4) is 22.3 Å². The van der Waals surface area contributed by atoms with E-state index >= 15 is 0 Å². The Balaban J connectivity index is 1.45. The van der Waals surface area contributed by atoms with Crippen LogP contribution < -0.4 is 14.8 Å². The Hall–Kier alpha value is -2.80. The largest absolute Gasteiger partial charge is 0.497 e. The molecule has 24 heavy (non-hydrogen) atoms. The average molecular weight is 344 g/mol. The normalized spacial score (nSPS) is 10.4. The van der Waals surface area contributed by atoms with E-state index in [2.05, 4.69) is 10.3 Å². The Morgan fingerprint density at radius 2 is 2.04 bits per heavy atom. The lowest BCUT2D eigenvalue weighted by Gasteiger charge is -2.07. The molecule has 0 atom stereocenters. The van der Waals surface area contributed by atoms with Crippen LogP contribution in [0.3, 0.4) is 0 Å². The molecule has 1 aromatic carbocycles. The first-order valence-electron chi connectivity index (χ1n) is 7.31. The maximum absolute atomic E-state index is 12.1. The second-order valence-electron chi connectivity index (χ2n) is 4.80. The highest BCUT2D eigenvalue weighted by Crippen LogP contribution is 2.23. The maximum atomic E-state index is 12.1. The van der Waals surface area contributed by atoms with Crippen LogP contribution in [0, 0.1) is 0 Å². The number of methoxy groups -OCH3 is 1. The predicted molar refractivity (Wildman–Crippen MR) is 90.6 cm³/mol. The number of aromatic nitrogens is 1. The van der Waals surface area contributed by atoms with Gasteiger partial charge in [0.2, 0.25) is 0 Å². The van der Waals surface area contributed by atoms with Gasteiger partial charge in [-0.05, 0) is 36.4 Å². The number of benzene rings is 1. The molecular weight excluding hydrogens is 328 g/mol. The van der Waals surface area contributed by atoms with Gasteiger partial charge in [-0.15, -0.1) is 11.3 Å². The molecule has 7 heteroatoms. The lowest BCUT2D eigenvalue weighted by Crippen LogP contribution is -2.28. The quantitative estimate of drug-likeness (QED) is 0.666. The molecule has 0 aliphatic rings. The summed E-state index contributed by atoms with van der Waals surface area (Å²) >= 11 is 1.37. The van der Waals surface area contributed by atoms with Gasteiger partial charge in [0.15, 0.2) is 10.8 Å². The van der Waals surface area contributed by atoms with Crippen molar-refractivity contribution in [2.45, 2.75) is 0 Å². The van der Waals surface area contributed by atoms with Gasteiger partial charge in [0.1, 0.15) is 23.8 Å². The summed E-state index contributed by atoms with van der Waals surface area (Å²) in [6.45, 7) is 0.756. The number of ether oxygens (including phenoxy) is 2. The van der Waals surface area contributed by atoms with Gasteiger partial charge in [-0.3, -0.25) is 4.79 Å². The highest BCUT2D eigenvalue weighted by Gasteiger charge is 2.12. The third-order valence-corrected chi connectivity index (χ3v) is 4.04. The molecule has 0 radical (unpaired) electrons. The van der Waals surface area contributed by atoms with E-state index in [4.69, 9.17) is 13.9 Å².